The lowest BCUT2D eigenvalue weighted by Gasteiger charge is -2.42. The molecule has 1 aromatic rings. The normalized spacial score (nSPS) is 27.5. The Balaban J connectivity index is 1.57. The Morgan fingerprint density at radius 2 is 2.00 bits per heavy atom. The van der Waals surface area contributed by atoms with Crippen LogP contribution in [0.15, 0.2) is 24.3 Å². The number of hydrazine groups is 1. The maximum absolute atomic E-state index is 9.52. The van der Waals surface area contributed by atoms with E-state index in [4.69, 9.17) is 11.6 Å². The highest BCUT2D eigenvalue weighted by atomic mass is 35.5. The smallest absolute Gasteiger partial charge is 0.0515 e. The van der Waals surface area contributed by atoms with Crippen molar-refractivity contribution in [1.29, 1.82) is 0 Å². The summed E-state index contributed by atoms with van der Waals surface area (Å²) in [5, 5.41) is 10.3. The average molecular weight is 395 g/mol. The van der Waals surface area contributed by atoms with Crippen molar-refractivity contribution in [2.45, 2.75) is 38.8 Å². The molecule has 1 aromatic carbocycles. The summed E-state index contributed by atoms with van der Waals surface area (Å²) in [5.74, 6) is 1.26. The molecule has 3 unspecified atom stereocenters. The molecule has 0 amide bonds. The maximum Gasteiger partial charge on any atom is 0.0515 e. The molecule has 6 heteroatoms. The number of hydrogen-bond donors (Lipinski definition) is 3. The topological polar surface area (TPSA) is 50.8 Å². The van der Waals surface area contributed by atoms with E-state index in [2.05, 4.69) is 46.6 Å². The van der Waals surface area contributed by atoms with E-state index in [9.17, 15) is 5.11 Å². The van der Waals surface area contributed by atoms with Crippen LogP contribution in [0.4, 0.5) is 0 Å². The van der Waals surface area contributed by atoms with Crippen LogP contribution in [0.25, 0.3) is 0 Å². The predicted molar refractivity (Wildman–Crippen MR) is 112 cm³/mol. The zero-order valence-corrected chi connectivity index (χ0v) is 17.5. The van der Waals surface area contributed by atoms with Gasteiger partial charge in [-0.2, -0.15) is 0 Å². The van der Waals surface area contributed by atoms with Crippen LogP contribution in [0.3, 0.4) is 0 Å². The number of aliphatic hydroxyl groups is 1. The number of rotatable bonds is 8. The van der Waals surface area contributed by atoms with Gasteiger partial charge in [0.15, 0.2) is 0 Å². The fraction of sp³-hybridized carbons (Fsp3) is 0.714. The van der Waals surface area contributed by atoms with Gasteiger partial charge >= 0.3 is 0 Å². The standard InChI is InChI=1S/C21H35ClN4O/c1-16(2)7-9-26-11-10-25(15-20(26)8-12-27)14-18-13-23-24-21(18)17-3-5-19(22)6-4-17/h3-6,16,18,20-21,23-24,27H,7-15H2,1-2H3. The summed E-state index contributed by atoms with van der Waals surface area (Å²) >= 11 is 6.05. The van der Waals surface area contributed by atoms with Crippen molar-refractivity contribution >= 4 is 11.6 Å². The van der Waals surface area contributed by atoms with Crippen LogP contribution in [0, 0.1) is 11.8 Å². The molecule has 0 saturated carbocycles. The first-order valence-corrected chi connectivity index (χ1v) is 10.8. The number of nitrogens with one attached hydrogen (secondary N) is 2. The molecule has 0 aliphatic carbocycles. The lowest BCUT2D eigenvalue weighted by atomic mass is 9.93. The van der Waals surface area contributed by atoms with Gasteiger partial charge in [-0.1, -0.05) is 37.6 Å². The highest BCUT2D eigenvalue weighted by molar-refractivity contribution is 6.30. The van der Waals surface area contributed by atoms with Crippen molar-refractivity contribution in [3.05, 3.63) is 34.9 Å². The number of nitrogens with zero attached hydrogens (tertiary/aromatic N) is 2. The Bertz CT molecular complexity index is 568. The monoisotopic (exact) mass is 394 g/mol. The average Bonchev–Trinajstić information content (AvgIpc) is 3.10. The van der Waals surface area contributed by atoms with Crippen LogP contribution in [0.1, 0.15) is 38.3 Å². The summed E-state index contributed by atoms with van der Waals surface area (Å²) in [7, 11) is 0. The van der Waals surface area contributed by atoms with Crippen molar-refractivity contribution in [3.63, 3.8) is 0 Å². The molecule has 5 nitrogen and oxygen atoms in total. The number of piperazine rings is 1. The second kappa shape index (κ2) is 10.2. The van der Waals surface area contributed by atoms with Gasteiger partial charge < -0.3 is 10.0 Å². The van der Waals surface area contributed by atoms with Crippen LogP contribution in [-0.4, -0.2) is 66.8 Å². The molecule has 2 aliphatic heterocycles. The van der Waals surface area contributed by atoms with Crippen molar-refractivity contribution in [2.24, 2.45) is 11.8 Å². The van der Waals surface area contributed by atoms with Crippen LogP contribution >= 0.6 is 11.6 Å². The van der Waals surface area contributed by atoms with Crippen molar-refractivity contribution in [3.8, 4) is 0 Å². The minimum atomic E-state index is 0.274. The first-order valence-electron chi connectivity index (χ1n) is 10.4. The highest BCUT2D eigenvalue weighted by Crippen LogP contribution is 2.27. The minimum Gasteiger partial charge on any atom is -0.396 e. The molecule has 3 rings (SSSR count). The summed E-state index contributed by atoms with van der Waals surface area (Å²) in [6.07, 6.45) is 2.10. The Morgan fingerprint density at radius 3 is 2.70 bits per heavy atom. The van der Waals surface area contributed by atoms with Gasteiger partial charge in [-0.25, -0.2) is 5.43 Å². The number of hydrogen-bond acceptors (Lipinski definition) is 5. The van der Waals surface area contributed by atoms with E-state index >= 15 is 0 Å². The summed E-state index contributed by atoms with van der Waals surface area (Å²) in [6, 6.07) is 8.98. The molecular formula is C21H35ClN4O. The van der Waals surface area contributed by atoms with E-state index in [-0.39, 0.29) is 6.61 Å². The van der Waals surface area contributed by atoms with Crippen molar-refractivity contribution < 1.29 is 5.11 Å². The Morgan fingerprint density at radius 1 is 1.22 bits per heavy atom. The van der Waals surface area contributed by atoms with Gasteiger partial charge in [-0.3, -0.25) is 10.3 Å². The number of halogens is 1. The maximum atomic E-state index is 9.52. The SMILES string of the molecule is CC(C)CCN1CCN(CC2CNNC2c2ccc(Cl)cc2)CC1CCO. The molecule has 3 atom stereocenters. The molecule has 3 N–H and O–H groups in total. The highest BCUT2D eigenvalue weighted by Gasteiger charge is 2.33. The van der Waals surface area contributed by atoms with Crippen LogP contribution in [-0.2, 0) is 0 Å². The first kappa shape index (κ1) is 21.0. The molecule has 152 valence electrons. The molecular weight excluding hydrogens is 360 g/mol. The van der Waals surface area contributed by atoms with E-state index in [0.717, 1.165) is 56.6 Å². The van der Waals surface area contributed by atoms with Crippen LogP contribution in [0.5, 0.6) is 0 Å². The van der Waals surface area contributed by atoms with Gasteiger partial charge in [0.25, 0.3) is 0 Å². The molecule has 0 radical (unpaired) electrons. The second-order valence-corrected chi connectivity index (χ2v) is 8.90. The van der Waals surface area contributed by atoms with Crippen LogP contribution < -0.4 is 10.9 Å². The van der Waals surface area contributed by atoms with Gasteiger partial charge in [-0.15, -0.1) is 0 Å². The molecule has 0 aromatic heterocycles. The summed E-state index contributed by atoms with van der Waals surface area (Å²) in [6.45, 7) is 11.3. The zero-order chi connectivity index (χ0) is 19.2. The molecule has 0 spiro atoms. The quantitative estimate of drug-likeness (QED) is 0.632. The van der Waals surface area contributed by atoms with Gasteiger partial charge in [0.05, 0.1) is 6.04 Å². The summed E-state index contributed by atoms with van der Waals surface area (Å²) in [4.78, 5) is 5.18. The van der Waals surface area contributed by atoms with E-state index in [1.165, 1.54) is 12.0 Å². The largest absolute Gasteiger partial charge is 0.396 e. The third-order valence-electron chi connectivity index (χ3n) is 5.96. The molecule has 0 bridgehead atoms. The third-order valence-corrected chi connectivity index (χ3v) is 6.21. The summed E-state index contributed by atoms with van der Waals surface area (Å²) < 4.78 is 0. The van der Waals surface area contributed by atoms with Gasteiger partial charge in [-0.05, 0) is 43.0 Å². The third kappa shape index (κ3) is 5.89. The van der Waals surface area contributed by atoms with Crippen molar-refractivity contribution in [1.82, 2.24) is 20.7 Å². The van der Waals surface area contributed by atoms with E-state index in [0.29, 0.717) is 18.0 Å². The molecule has 2 aliphatic rings. The number of benzene rings is 1. The molecule has 2 heterocycles. The van der Waals surface area contributed by atoms with E-state index in [1.807, 2.05) is 12.1 Å². The number of aliphatic hydroxyl groups excluding tert-OH is 1. The molecule has 2 fully saturated rings. The minimum absolute atomic E-state index is 0.274. The Labute approximate surface area is 169 Å². The zero-order valence-electron chi connectivity index (χ0n) is 16.7. The molecule has 2 saturated heterocycles. The fourth-order valence-corrected chi connectivity index (χ4v) is 4.45. The Hall–Kier alpha value is -0.690. The van der Waals surface area contributed by atoms with Crippen LogP contribution in [0.2, 0.25) is 5.02 Å². The van der Waals surface area contributed by atoms with Crippen molar-refractivity contribution in [2.75, 3.05) is 45.9 Å². The van der Waals surface area contributed by atoms with E-state index in [1.54, 1.807) is 0 Å². The second-order valence-electron chi connectivity index (χ2n) is 8.46. The van der Waals surface area contributed by atoms with Gasteiger partial charge in [0.1, 0.15) is 0 Å². The van der Waals surface area contributed by atoms with Gasteiger partial charge in [0, 0.05) is 56.3 Å². The lowest BCUT2D eigenvalue weighted by Crippen LogP contribution is -2.54. The van der Waals surface area contributed by atoms with E-state index < -0.39 is 0 Å². The summed E-state index contributed by atoms with van der Waals surface area (Å²) in [5.41, 5.74) is 8.07. The molecule has 27 heavy (non-hydrogen) atoms. The predicted octanol–water partition coefficient (Wildman–Crippen LogP) is 2.52. The lowest BCUT2D eigenvalue weighted by molar-refractivity contribution is 0.0481. The Kier molecular flexibility index (Phi) is 7.94. The first-order chi connectivity index (χ1) is 13.1. The van der Waals surface area contributed by atoms with Gasteiger partial charge in [0.2, 0.25) is 0 Å². The fourth-order valence-electron chi connectivity index (χ4n) is 4.33.